The molecule has 0 radical (unpaired) electrons. The van der Waals surface area contributed by atoms with Crippen LogP contribution in [0.4, 0.5) is 0 Å². The molecular formula is C27H19NO. The van der Waals surface area contributed by atoms with Gasteiger partial charge in [-0.15, -0.1) is 0 Å². The Kier molecular flexibility index (Phi) is 2.60. The van der Waals surface area contributed by atoms with Gasteiger partial charge in [0.2, 0.25) is 0 Å². The lowest BCUT2D eigenvalue weighted by molar-refractivity contribution is 0.661. The topological polar surface area (TPSA) is 28.9 Å². The molecule has 0 bridgehead atoms. The second kappa shape index (κ2) is 4.90. The number of hydrogen-bond acceptors (Lipinski definition) is 1. The minimum absolute atomic E-state index is 0.00900. The first-order valence-electron chi connectivity index (χ1n) is 10.1. The molecule has 29 heavy (non-hydrogen) atoms. The Labute approximate surface area is 167 Å². The van der Waals surface area contributed by atoms with Crippen LogP contribution in [0.2, 0.25) is 0 Å². The number of para-hydroxylation sites is 1. The number of furan rings is 1. The number of H-pyrrole nitrogens is 1. The Balaban J connectivity index is 1.65. The number of hydrogen-bond donors (Lipinski definition) is 1. The maximum absolute atomic E-state index is 6.10. The molecule has 0 spiro atoms. The van der Waals surface area contributed by atoms with E-state index >= 15 is 0 Å². The summed E-state index contributed by atoms with van der Waals surface area (Å²) in [6, 6.07) is 26.1. The molecule has 0 atom stereocenters. The molecule has 2 heteroatoms. The third kappa shape index (κ3) is 1.78. The van der Waals surface area contributed by atoms with Crippen molar-refractivity contribution in [1.82, 2.24) is 4.98 Å². The molecule has 2 aromatic heterocycles. The van der Waals surface area contributed by atoms with E-state index in [1.807, 2.05) is 12.1 Å². The van der Waals surface area contributed by atoms with Gasteiger partial charge in [-0.2, -0.15) is 0 Å². The number of benzene rings is 4. The van der Waals surface area contributed by atoms with Crippen molar-refractivity contribution in [2.75, 3.05) is 0 Å². The minimum Gasteiger partial charge on any atom is -0.456 e. The Morgan fingerprint density at radius 2 is 1.52 bits per heavy atom. The molecule has 7 rings (SSSR count). The predicted molar refractivity (Wildman–Crippen MR) is 121 cm³/mol. The monoisotopic (exact) mass is 373 g/mol. The van der Waals surface area contributed by atoms with Crippen molar-refractivity contribution in [1.29, 1.82) is 0 Å². The molecule has 0 fully saturated rings. The third-order valence-corrected chi connectivity index (χ3v) is 6.81. The average molecular weight is 373 g/mol. The molecule has 138 valence electrons. The highest BCUT2D eigenvalue weighted by Crippen LogP contribution is 2.50. The Morgan fingerprint density at radius 3 is 2.45 bits per heavy atom. The fourth-order valence-electron chi connectivity index (χ4n) is 5.38. The van der Waals surface area contributed by atoms with Gasteiger partial charge in [-0.3, -0.25) is 0 Å². The summed E-state index contributed by atoms with van der Waals surface area (Å²) in [6.45, 7) is 4.65. The van der Waals surface area contributed by atoms with Crippen molar-refractivity contribution in [3.05, 3.63) is 83.9 Å². The first-order chi connectivity index (χ1) is 14.1. The lowest BCUT2D eigenvalue weighted by atomic mass is 9.82. The minimum atomic E-state index is 0.00900. The van der Waals surface area contributed by atoms with Gasteiger partial charge in [-0.1, -0.05) is 56.3 Å². The number of fused-ring (bicyclic) bond motifs is 10. The van der Waals surface area contributed by atoms with Gasteiger partial charge in [0.05, 0.1) is 10.9 Å². The number of aromatic amines is 1. The molecule has 4 aromatic carbocycles. The van der Waals surface area contributed by atoms with E-state index in [-0.39, 0.29) is 5.41 Å². The fourth-order valence-corrected chi connectivity index (χ4v) is 5.38. The fraction of sp³-hybridized carbons (Fsp3) is 0.111. The van der Waals surface area contributed by atoms with Gasteiger partial charge in [0.25, 0.3) is 0 Å². The molecule has 0 unspecified atom stereocenters. The van der Waals surface area contributed by atoms with Gasteiger partial charge in [-0.05, 0) is 52.6 Å². The van der Waals surface area contributed by atoms with Crippen LogP contribution in [0.5, 0.6) is 0 Å². The van der Waals surface area contributed by atoms with Crippen molar-refractivity contribution in [3.63, 3.8) is 0 Å². The molecule has 2 nitrogen and oxygen atoms in total. The highest BCUT2D eigenvalue weighted by atomic mass is 16.3. The van der Waals surface area contributed by atoms with E-state index in [4.69, 9.17) is 4.42 Å². The van der Waals surface area contributed by atoms with Crippen LogP contribution < -0.4 is 0 Å². The second-order valence-corrected chi connectivity index (χ2v) is 8.70. The first kappa shape index (κ1) is 15.4. The molecule has 6 aromatic rings. The summed E-state index contributed by atoms with van der Waals surface area (Å²) in [7, 11) is 0. The highest BCUT2D eigenvalue weighted by molar-refractivity contribution is 6.23. The van der Waals surface area contributed by atoms with Gasteiger partial charge in [-0.25, -0.2) is 0 Å². The summed E-state index contributed by atoms with van der Waals surface area (Å²) in [5.41, 5.74) is 9.76. The zero-order chi connectivity index (χ0) is 19.3. The summed E-state index contributed by atoms with van der Waals surface area (Å²) >= 11 is 0. The van der Waals surface area contributed by atoms with E-state index in [1.165, 1.54) is 43.9 Å². The van der Waals surface area contributed by atoms with E-state index in [2.05, 4.69) is 79.5 Å². The summed E-state index contributed by atoms with van der Waals surface area (Å²) in [5.74, 6) is 0. The van der Waals surface area contributed by atoms with Gasteiger partial charge in [0, 0.05) is 27.1 Å². The smallest absolute Gasteiger partial charge is 0.137 e. The zero-order valence-corrected chi connectivity index (χ0v) is 16.3. The summed E-state index contributed by atoms with van der Waals surface area (Å²) < 4.78 is 6.10. The van der Waals surface area contributed by atoms with Gasteiger partial charge < -0.3 is 9.40 Å². The molecule has 0 amide bonds. The summed E-state index contributed by atoms with van der Waals surface area (Å²) in [4.78, 5) is 3.73. The van der Waals surface area contributed by atoms with Crippen molar-refractivity contribution < 1.29 is 4.42 Å². The van der Waals surface area contributed by atoms with Crippen LogP contribution in [0.15, 0.2) is 77.2 Å². The largest absolute Gasteiger partial charge is 0.456 e. The normalized spacial score (nSPS) is 14.8. The van der Waals surface area contributed by atoms with Crippen LogP contribution in [0.25, 0.3) is 54.9 Å². The molecule has 2 heterocycles. The molecule has 1 N–H and O–H groups in total. The van der Waals surface area contributed by atoms with Crippen LogP contribution >= 0.6 is 0 Å². The highest BCUT2D eigenvalue weighted by Gasteiger charge is 2.35. The molecule has 0 saturated heterocycles. The maximum Gasteiger partial charge on any atom is 0.137 e. The van der Waals surface area contributed by atoms with E-state index in [9.17, 15) is 0 Å². The number of rotatable bonds is 0. The SMILES string of the molecule is CC1(C)c2ccccc2-c2cc3c(cc21)[nH]c1c3ccc2oc3ccccc3c21. The Bertz CT molecular complexity index is 1630. The molecule has 0 aliphatic heterocycles. The standard InChI is InChI=1S/C27H19NO/c1-27(2)20-9-5-3-7-15(20)18-13-19-16-11-12-24-25(17-8-4-6-10-23(17)29-24)26(16)28-22(19)14-21(18)27/h3-14,28H,1-2H3. The summed E-state index contributed by atoms with van der Waals surface area (Å²) in [6.07, 6.45) is 0. The molecule has 1 aliphatic rings. The van der Waals surface area contributed by atoms with Crippen LogP contribution in [-0.4, -0.2) is 4.98 Å². The second-order valence-electron chi connectivity index (χ2n) is 8.70. The zero-order valence-electron chi connectivity index (χ0n) is 16.3. The average Bonchev–Trinajstić information content (AvgIpc) is 3.36. The van der Waals surface area contributed by atoms with Gasteiger partial charge >= 0.3 is 0 Å². The van der Waals surface area contributed by atoms with E-state index in [0.29, 0.717) is 0 Å². The maximum atomic E-state index is 6.10. The predicted octanol–water partition coefficient (Wildman–Crippen LogP) is 7.53. The van der Waals surface area contributed by atoms with E-state index in [1.54, 1.807) is 0 Å². The van der Waals surface area contributed by atoms with Crippen LogP contribution in [0.1, 0.15) is 25.0 Å². The summed E-state index contributed by atoms with van der Waals surface area (Å²) in [5, 5.41) is 4.87. The Morgan fingerprint density at radius 1 is 0.690 bits per heavy atom. The Hall–Kier alpha value is -3.52. The number of aromatic nitrogens is 1. The van der Waals surface area contributed by atoms with E-state index < -0.39 is 0 Å². The van der Waals surface area contributed by atoms with Crippen molar-refractivity contribution in [3.8, 4) is 11.1 Å². The van der Waals surface area contributed by atoms with Crippen LogP contribution in [-0.2, 0) is 5.41 Å². The van der Waals surface area contributed by atoms with Gasteiger partial charge in [0.15, 0.2) is 0 Å². The third-order valence-electron chi connectivity index (χ3n) is 6.81. The van der Waals surface area contributed by atoms with Crippen molar-refractivity contribution >= 4 is 43.7 Å². The van der Waals surface area contributed by atoms with Crippen LogP contribution in [0.3, 0.4) is 0 Å². The molecular weight excluding hydrogens is 354 g/mol. The van der Waals surface area contributed by atoms with E-state index in [0.717, 1.165) is 22.1 Å². The quantitative estimate of drug-likeness (QED) is 0.293. The molecule has 0 saturated carbocycles. The van der Waals surface area contributed by atoms with Crippen molar-refractivity contribution in [2.24, 2.45) is 0 Å². The van der Waals surface area contributed by atoms with Crippen LogP contribution in [0, 0.1) is 0 Å². The lowest BCUT2D eigenvalue weighted by Gasteiger charge is -2.21. The molecule has 1 aliphatic carbocycles. The van der Waals surface area contributed by atoms with Gasteiger partial charge in [0.1, 0.15) is 11.2 Å². The van der Waals surface area contributed by atoms with Crippen molar-refractivity contribution in [2.45, 2.75) is 19.3 Å². The first-order valence-corrected chi connectivity index (χ1v) is 10.1. The lowest BCUT2D eigenvalue weighted by Crippen LogP contribution is -2.14. The number of nitrogens with one attached hydrogen (secondary N) is 1.